The van der Waals surface area contributed by atoms with Crippen molar-refractivity contribution in [3.8, 4) is 0 Å². The number of carbonyl (C=O) groups excluding carboxylic acids is 6. The number of imide groups is 3. The van der Waals surface area contributed by atoms with E-state index in [1.54, 1.807) is 18.2 Å². The fourth-order valence-corrected chi connectivity index (χ4v) is 2.99. The van der Waals surface area contributed by atoms with Gasteiger partial charge < -0.3 is 31.3 Å². The van der Waals surface area contributed by atoms with Crippen LogP contribution in [0.25, 0.3) is 5.32 Å². The van der Waals surface area contributed by atoms with Crippen molar-refractivity contribution in [2.45, 2.75) is 58.2 Å². The second-order valence-electron chi connectivity index (χ2n) is 7.82. The van der Waals surface area contributed by atoms with Crippen LogP contribution in [0.4, 0.5) is 4.79 Å². The number of allylic oxidation sites excluding steroid dienone is 4. The molecular weight excluding hydrogens is 731 g/mol. The molecule has 1 saturated heterocycles. The molecule has 1 aromatic heterocycles. The zero-order valence-corrected chi connectivity index (χ0v) is 35.3. The van der Waals surface area contributed by atoms with Gasteiger partial charge in [0.2, 0.25) is 11.8 Å². The Bertz CT molecular complexity index is 1170. The van der Waals surface area contributed by atoms with E-state index >= 15 is 0 Å². The number of nitrogens with zero attached hydrogens (tertiary/aromatic N) is 4. The van der Waals surface area contributed by atoms with E-state index in [4.69, 9.17) is 0 Å². The quantitative estimate of drug-likeness (QED) is 0.0526. The molecule has 48 heavy (non-hydrogen) atoms. The number of nitrogens with one attached hydrogen (secondary N) is 2. The van der Waals surface area contributed by atoms with E-state index in [1.807, 2.05) is 16.7 Å². The Morgan fingerprint density at radius 3 is 1.27 bits per heavy atom. The van der Waals surface area contributed by atoms with Crippen LogP contribution in [0.5, 0.6) is 0 Å². The third-order valence-electron chi connectivity index (χ3n) is 4.59. The van der Waals surface area contributed by atoms with Crippen molar-refractivity contribution >= 4 is 52.4 Å². The molecule has 1 fully saturated rings. The first-order valence-corrected chi connectivity index (χ1v) is 13.6. The van der Waals surface area contributed by atoms with Crippen molar-refractivity contribution in [2.24, 2.45) is 0 Å². The number of alkyl halides is 1. The number of urea groups is 1. The van der Waals surface area contributed by atoms with Crippen molar-refractivity contribution in [2.75, 3.05) is 5.33 Å². The summed E-state index contributed by atoms with van der Waals surface area (Å²) < 4.78 is 3.24. The molecule has 21 heteroatoms. The number of aromatic nitrogens is 3. The van der Waals surface area contributed by atoms with E-state index in [0.29, 0.717) is 19.3 Å². The molecule has 0 unspecified atom stereocenters. The third kappa shape index (κ3) is 28.1. The fraction of sp³-hybridized carbons (Fsp3) is 0.370. The summed E-state index contributed by atoms with van der Waals surface area (Å²) in [5, 5.41) is 7.45. The van der Waals surface area contributed by atoms with Gasteiger partial charge in [-0.2, -0.15) is 12.8 Å². The maximum Gasteiger partial charge on any atom is 1.00 e. The molecule has 1 aromatic rings. The molecule has 17 nitrogen and oxygen atoms in total. The van der Waals surface area contributed by atoms with Crippen molar-refractivity contribution in [1.82, 2.24) is 30.5 Å². The van der Waals surface area contributed by atoms with E-state index in [9.17, 15) is 43.2 Å². The van der Waals surface area contributed by atoms with E-state index < -0.39 is 47.2 Å². The number of hydrogen-bond acceptors (Lipinski definition) is 11. The summed E-state index contributed by atoms with van der Waals surface area (Å²) >= 11 is 3.24. The van der Waals surface area contributed by atoms with Crippen molar-refractivity contribution in [3.63, 3.8) is 0 Å². The molecule has 0 bridgehead atoms. The molecule has 2 heterocycles. The summed E-state index contributed by atoms with van der Waals surface area (Å²) in [7, 11) is 0. The number of rotatable bonds is 14. The maximum absolute atomic E-state index is 12.3. The number of barbiturate groups is 1. The molecule has 0 aromatic carbocycles. The van der Waals surface area contributed by atoms with Gasteiger partial charge in [0.1, 0.15) is 6.42 Å². The molecule has 1 aliphatic rings. The molecule has 6 amide bonds. The van der Waals surface area contributed by atoms with Gasteiger partial charge in [-0.1, -0.05) is 40.2 Å². The zero-order valence-electron chi connectivity index (χ0n) is 27.7. The van der Waals surface area contributed by atoms with Crippen molar-refractivity contribution < 1.29 is 123 Å². The Kier molecular flexibility index (Phi) is 50.7. The van der Waals surface area contributed by atoms with Gasteiger partial charge in [0, 0.05) is 25.0 Å². The van der Waals surface area contributed by atoms with Crippen LogP contribution in [-0.2, 0) is 43.6 Å². The van der Waals surface area contributed by atoms with Crippen LogP contribution in [0, 0.1) is 0 Å². The normalized spacial score (nSPS) is 10.1. The minimum Gasteiger partial charge on any atom is -0.870 e. The minimum absolute atomic E-state index is 0. The average Bonchev–Trinajstić information content (AvgIpc) is 2.94. The van der Waals surface area contributed by atoms with Crippen LogP contribution in [0.15, 0.2) is 65.0 Å². The predicted molar refractivity (Wildman–Crippen MR) is 170 cm³/mol. The molecule has 252 valence electrons. The Labute approximate surface area is 353 Å². The maximum atomic E-state index is 12.3. The van der Waals surface area contributed by atoms with Gasteiger partial charge in [-0.15, -0.1) is 32.2 Å². The topological polar surface area (TPSA) is 272 Å². The molecular formula is C27H38BrN7Na3O10-. The van der Waals surface area contributed by atoms with Crippen LogP contribution < -0.4 is 123 Å². The first-order chi connectivity index (χ1) is 20.5. The third-order valence-corrected chi connectivity index (χ3v) is 5.05. The molecule has 0 aliphatic carbocycles. The molecule has 0 spiro atoms. The van der Waals surface area contributed by atoms with Crippen LogP contribution in [0.1, 0.15) is 38.5 Å². The van der Waals surface area contributed by atoms with E-state index in [1.165, 1.54) is 6.29 Å². The first kappa shape index (κ1) is 61.4. The second-order valence-corrected chi connectivity index (χ2v) is 8.61. The van der Waals surface area contributed by atoms with Crippen molar-refractivity contribution in [3.05, 3.63) is 87.4 Å². The second kappa shape index (κ2) is 39.6. The monoisotopic (exact) mass is 768 g/mol. The van der Waals surface area contributed by atoms with Crippen LogP contribution in [-0.4, -0.2) is 61.0 Å². The molecule has 2 rings (SSSR count). The van der Waals surface area contributed by atoms with Gasteiger partial charge in [0.25, 0.3) is 0 Å². The molecule has 0 radical (unpaired) electrons. The predicted octanol–water partition coefficient (Wildman–Crippen LogP) is -7.95. The number of amides is 6. The fourth-order valence-electron chi connectivity index (χ4n) is 2.67. The minimum atomic E-state index is -0.810. The number of hydrogen-bond donors (Lipinski definition) is 3. The number of halogens is 1. The van der Waals surface area contributed by atoms with Gasteiger partial charge in [-0.25, -0.2) is 32.9 Å². The first-order valence-electron chi connectivity index (χ1n) is 12.5. The summed E-state index contributed by atoms with van der Waals surface area (Å²) in [5.41, 5.74) is -1.74. The molecule has 0 atom stereocenters. The summed E-state index contributed by atoms with van der Waals surface area (Å²) in [6.45, 7) is 14.9. The van der Waals surface area contributed by atoms with Gasteiger partial charge in [-0.05, 0) is 25.7 Å². The Morgan fingerprint density at radius 1 is 0.729 bits per heavy atom. The van der Waals surface area contributed by atoms with Gasteiger partial charge >= 0.3 is 112 Å². The summed E-state index contributed by atoms with van der Waals surface area (Å²) in [4.78, 5) is 96.2. The van der Waals surface area contributed by atoms with E-state index in [-0.39, 0.29) is 126 Å². The van der Waals surface area contributed by atoms with Crippen LogP contribution >= 0.6 is 15.9 Å². The number of carbonyl (C=O) groups is 4. The Morgan fingerprint density at radius 2 is 1.06 bits per heavy atom. The SMILES string of the molecule is C=CCCBr.C=CCCn1c(=O)n(CCC=C)c(=O)n(CCC=C)c1=O.N.O=C1CC(=O)NC(=O)N1.O=[C-]CC(=O)[N-][C-]=O.[Na+].[Na+].[Na+].[OH-]. The van der Waals surface area contributed by atoms with E-state index in [2.05, 4.69) is 47.6 Å². The van der Waals surface area contributed by atoms with Gasteiger partial charge in [-0.3, -0.25) is 26.5 Å². The molecule has 0 saturated carbocycles. The van der Waals surface area contributed by atoms with Crippen molar-refractivity contribution in [1.29, 1.82) is 0 Å². The standard InChI is InChI=1S/C15H21N3O3.C4H7Br.C4H4N2O3.C4H2NO3.H3N.3Na.H2O/c1-4-7-10-16-13(19)17(11-8-5-2)15(21)18(14(16)20)12-9-6-3;1-2-3-4-5;7-2-1-3(8)6-4(9)5-2;6-2-1-4(8)5-3-7;;;;;/h4-6H,1-3,7-12H2;2H,1,3-4H2;1H2,(H2,5,6,7,8,9);1H2;1H3;;;;1H2/q;;;-3;;3*+1;/p-1. The summed E-state index contributed by atoms with van der Waals surface area (Å²) in [6, 6.07) is -0.740. The Hall–Kier alpha value is -1.81. The van der Waals surface area contributed by atoms with Crippen LogP contribution in [0.3, 0.4) is 0 Å². The van der Waals surface area contributed by atoms with Gasteiger partial charge in [0.05, 0.1) is 0 Å². The zero-order chi connectivity index (χ0) is 33.2. The molecule has 6 N–H and O–H groups in total. The van der Waals surface area contributed by atoms with E-state index in [0.717, 1.165) is 31.9 Å². The average molecular weight is 770 g/mol. The Balaban J connectivity index is -0.000000105. The largest absolute Gasteiger partial charge is 1.00 e. The smallest absolute Gasteiger partial charge is 0.870 e. The van der Waals surface area contributed by atoms with Gasteiger partial charge in [0.15, 0.2) is 0 Å². The summed E-state index contributed by atoms with van der Waals surface area (Å²) in [5.74, 6) is -1.91. The molecule has 1 aliphatic heterocycles. The van der Waals surface area contributed by atoms with Crippen LogP contribution in [0.2, 0.25) is 0 Å². The summed E-state index contributed by atoms with van der Waals surface area (Å²) in [6.07, 6.45) is 10.8.